The summed E-state index contributed by atoms with van der Waals surface area (Å²) in [5, 5.41) is 30.0. The number of aliphatic hydroxyl groups excluding tert-OH is 2. The number of hydrogen-bond acceptors (Lipinski definition) is 7. The molecule has 1 aliphatic heterocycles. The van der Waals surface area contributed by atoms with Crippen LogP contribution in [0.4, 0.5) is 0 Å². The molecule has 4 N–H and O–H groups in total. The summed E-state index contributed by atoms with van der Waals surface area (Å²) in [4.78, 5) is 28.4. The van der Waals surface area contributed by atoms with E-state index in [2.05, 4.69) is 20.7 Å². The summed E-state index contributed by atoms with van der Waals surface area (Å²) in [7, 11) is 0. The molecule has 1 aromatic carbocycles. The minimum absolute atomic E-state index is 0.0214. The molecule has 2 amide bonds. The van der Waals surface area contributed by atoms with E-state index in [1.807, 2.05) is 0 Å². The van der Waals surface area contributed by atoms with Gasteiger partial charge in [0.25, 0.3) is 0 Å². The molecule has 2 aliphatic rings. The van der Waals surface area contributed by atoms with E-state index >= 15 is 0 Å². The van der Waals surface area contributed by atoms with Crippen LogP contribution >= 0.6 is 0 Å². The third-order valence-electron chi connectivity index (χ3n) is 5.20. The second-order valence-electron chi connectivity index (χ2n) is 7.33. The number of aliphatic hydroxyl groups is 2. The fourth-order valence-electron chi connectivity index (χ4n) is 3.54. The Bertz CT molecular complexity index is 928. The monoisotopic (exact) mass is 413 g/mol. The smallest absolute Gasteiger partial charge is 0.247 e. The topological polar surface area (TPSA) is 139 Å². The number of ether oxygens (including phenoxy) is 1. The number of nitrogens with one attached hydrogen (secondary N) is 2. The minimum Gasteiger partial charge on any atom is -0.484 e. The second kappa shape index (κ2) is 8.64. The zero-order valence-electron chi connectivity index (χ0n) is 16.1. The molecule has 1 aromatic heterocycles. The summed E-state index contributed by atoms with van der Waals surface area (Å²) in [5.41, 5.74) is 1.06. The summed E-state index contributed by atoms with van der Waals surface area (Å²) < 4.78 is 7.40. The molecule has 1 saturated heterocycles. The molecular weight excluding hydrogens is 390 g/mol. The Morgan fingerprint density at radius 2 is 2.07 bits per heavy atom. The number of hydrogen-bond donors (Lipinski definition) is 4. The Morgan fingerprint density at radius 3 is 2.77 bits per heavy atom. The Kier molecular flexibility index (Phi) is 5.77. The number of aromatic nitrogens is 3. The highest BCUT2D eigenvalue weighted by atomic mass is 16.5. The first kappa shape index (κ1) is 20.0. The van der Waals surface area contributed by atoms with E-state index in [4.69, 9.17) is 4.74 Å². The summed E-state index contributed by atoms with van der Waals surface area (Å²) in [6.07, 6.45) is 2.57. The molecule has 0 radical (unpaired) electrons. The van der Waals surface area contributed by atoms with E-state index in [-0.39, 0.29) is 17.9 Å². The van der Waals surface area contributed by atoms with Crippen molar-refractivity contribution in [1.29, 1.82) is 0 Å². The van der Waals surface area contributed by atoms with E-state index in [9.17, 15) is 19.8 Å². The number of amides is 2. The van der Waals surface area contributed by atoms with Gasteiger partial charge < -0.3 is 25.6 Å². The number of carbonyl (C=O) groups excluding carboxylic acids is 2. The van der Waals surface area contributed by atoms with Crippen molar-refractivity contribution >= 4 is 11.8 Å². The number of benzene rings is 1. The second-order valence-corrected chi connectivity index (χ2v) is 7.33. The van der Waals surface area contributed by atoms with Crippen LogP contribution in [0.5, 0.6) is 5.75 Å². The van der Waals surface area contributed by atoms with Crippen molar-refractivity contribution in [3.05, 3.63) is 48.6 Å². The van der Waals surface area contributed by atoms with E-state index < -0.39 is 30.3 Å². The van der Waals surface area contributed by atoms with E-state index in [1.54, 1.807) is 35.3 Å². The SMILES string of the molecule is O=C(NC1CCCNC1=O)C1=CC(Oc2ccc(-n3cncn3)cc2)C(O)C(O)C1. The van der Waals surface area contributed by atoms with Crippen molar-refractivity contribution in [2.24, 2.45) is 0 Å². The van der Waals surface area contributed by atoms with Gasteiger partial charge in [-0.05, 0) is 43.2 Å². The van der Waals surface area contributed by atoms with Crippen molar-refractivity contribution in [2.45, 2.75) is 43.6 Å². The molecule has 0 bridgehead atoms. The van der Waals surface area contributed by atoms with Crippen molar-refractivity contribution in [1.82, 2.24) is 25.4 Å². The molecule has 10 nitrogen and oxygen atoms in total. The zero-order chi connectivity index (χ0) is 21.1. The van der Waals surface area contributed by atoms with Gasteiger partial charge in [0, 0.05) is 18.5 Å². The lowest BCUT2D eigenvalue weighted by atomic mass is 9.91. The highest BCUT2D eigenvalue weighted by Crippen LogP contribution is 2.25. The predicted octanol–water partition coefficient (Wildman–Crippen LogP) is -0.539. The van der Waals surface area contributed by atoms with Gasteiger partial charge >= 0.3 is 0 Å². The normalized spacial score (nSPS) is 26.5. The third-order valence-corrected chi connectivity index (χ3v) is 5.20. The molecule has 1 aliphatic carbocycles. The van der Waals surface area contributed by atoms with Crippen LogP contribution in [0.2, 0.25) is 0 Å². The van der Waals surface area contributed by atoms with Gasteiger partial charge in [0.05, 0.1) is 11.8 Å². The summed E-state index contributed by atoms with van der Waals surface area (Å²) in [5.74, 6) is -0.204. The number of piperidine rings is 1. The van der Waals surface area contributed by atoms with Gasteiger partial charge in [-0.25, -0.2) is 9.67 Å². The van der Waals surface area contributed by atoms with E-state index in [0.29, 0.717) is 18.7 Å². The van der Waals surface area contributed by atoms with Gasteiger partial charge in [-0.3, -0.25) is 9.59 Å². The first-order chi connectivity index (χ1) is 14.5. The van der Waals surface area contributed by atoms with Gasteiger partial charge in [0.2, 0.25) is 11.8 Å². The van der Waals surface area contributed by atoms with Crippen LogP contribution in [0, 0.1) is 0 Å². The highest BCUT2D eigenvalue weighted by Gasteiger charge is 2.35. The van der Waals surface area contributed by atoms with Crippen molar-refractivity contribution in [3.8, 4) is 11.4 Å². The van der Waals surface area contributed by atoms with Crippen LogP contribution in [0.1, 0.15) is 19.3 Å². The third kappa shape index (κ3) is 4.34. The molecule has 2 aromatic rings. The van der Waals surface area contributed by atoms with Crippen molar-refractivity contribution < 1.29 is 24.5 Å². The van der Waals surface area contributed by atoms with Gasteiger partial charge in [-0.1, -0.05) is 0 Å². The quantitative estimate of drug-likeness (QED) is 0.516. The maximum atomic E-state index is 12.6. The Morgan fingerprint density at radius 1 is 1.27 bits per heavy atom. The lowest BCUT2D eigenvalue weighted by Gasteiger charge is -2.31. The Labute approximate surface area is 172 Å². The van der Waals surface area contributed by atoms with Crippen LogP contribution in [-0.2, 0) is 9.59 Å². The molecule has 158 valence electrons. The molecule has 4 atom stereocenters. The fraction of sp³-hybridized carbons (Fsp3) is 0.400. The molecule has 10 heteroatoms. The minimum atomic E-state index is -1.19. The lowest BCUT2D eigenvalue weighted by molar-refractivity contribution is -0.129. The Balaban J connectivity index is 1.46. The van der Waals surface area contributed by atoms with E-state index in [1.165, 1.54) is 12.4 Å². The molecule has 30 heavy (non-hydrogen) atoms. The summed E-state index contributed by atoms with van der Waals surface area (Å²) in [6, 6.07) is 6.35. The van der Waals surface area contributed by atoms with Gasteiger partial charge in [0.1, 0.15) is 36.7 Å². The molecule has 1 fully saturated rings. The molecule has 0 spiro atoms. The first-order valence-corrected chi connectivity index (χ1v) is 9.78. The van der Waals surface area contributed by atoms with E-state index in [0.717, 1.165) is 12.1 Å². The average molecular weight is 413 g/mol. The lowest BCUT2D eigenvalue weighted by Crippen LogP contribution is -2.51. The molecular formula is C20H23N5O5. The van der Waals surface area contributed by atoms with Gasteiger partial charge in [0.15, 0.2) is 0 Å². The maximum absolute atomic E-state index is 12.6. The first-order valence-electron chi connectivity index (χ1n) is 9.78. The highest BCUT2D eigenvalue weighted by molar-refractivity contribution is 5.97. The molecule has 2 heterocycles. The largest absolute Gasteiger partial charge is 0.484 e. The van der Waals surface area contributed by atoms with Crippen LogP contribution in [-0.4, -0.2) is 67.7 Å². The summed E-state index contributed by atoms with van der Waals surface area (Å²) in [6.45, 7) is 0.602. The van der Waals surface area contributed by atoms with Crippen LogP contribution in [0.25, 0.3) is 5.69 Å². The van der Waals surface area contributed by atoms with Gasteiger partial charge in [-0.2, -0.15) is 5.10 Å². The van der Waals surface area contributed by atoms with Gasteiger partial charge in [-0.15, -0.1) is 0 Å². The average Bonchev–Trinajstić information content (AvgIpc) is 3.28. The van der Waals surface area contributed by atoms with Crippen LogP contribution in [0.3, 0.4) is 0 Å². The predicted molar refractivity (Wildman–Crippen MR) is 105 cm³/mol. The fourth-order valence-corrected chi connectivity index (χ4v) is 3.54. The van der Waals surface area contributed by atoms with Crippen molar-refractivity contribution in [2.75, 3.05) is 6.54 Å². The molecule has 4 unspecified atom stereocenters. The Hall–Kier alpha value is -3.24. The number of nitrogens with zero attached hydrogens (tertiary/aromatic N) is 3. The number of carbonyl (C=O) groups is 2. The standard InChI is InChI=1S/C20H23N5O5/c26-16-8-12(19(28)24-15-2-1-7-22-20(15)29)9-17(18(16)27)30-14-5-3-13(4-6-14)25-11-21-10-23-25/h3-6,9-11,15-18,26-27H,1-2,7-8H2,(H,22,29)(H,24,28). The number of rotatable bonds is 5. The van der Waals surface area contributed by atoms with Crippen LogP contribution < -0.4 is 15.4 Å². The summed E-state index contributed by atoms with van der Waals surface area (Å²) >= 11 is 0. The van der Waals surface area contributed by atoms with Crippen molar-refractivity contribution in [3.63, 3.8) is 0 Å². The van der Waals surface area contributed by atoms with Crippen LogP contribution in [0.15, 0.2) is 48.6 Å². The maximum Gasteiger partial charge on any atom is 0.247 e. The zero-order valence-corrected chi connectivity index (χ0v) is 16.1. The molecule has 0 saturated carbocycles. The molecule has 4 rings (SSSR count).